The molecule has 2 N–H and O–H groups in total. The lowest BCUT2D eigenvalue weighted by molar-refractivity contribution is -0.118. The van der Waals surface area contributed by atoms with Crippen molar-refractivity contribution in [3.05, 3.63) is 76.8 Å². The number of ketones is 1. The van der Waals surface area contributed by atoms with Gasteiger partial charge in [0.2, 0.25) is 0 Å². The third kappa shape index (κ3) is 5.58. The van der Waals surface area contributed by atoms with Gasteiger partial charge in [-0.05, 0) is 54.6 Å². The number of fused-ring (bicyclic) bond motifs is 1. The van der Waals surface area contributed by atoms with Crippen LogP contribution in [0, 0.1) is 0 Å². The summed E-state index contributed by atoms with van der Waals surface area (Å²) in [7, 11) is -2.73. The Morgan fingerprint density at radius 2 is 1.89 bits per heavy atom. The summed E-state index contributed by atoms with van der Waals surface area (Å²) in [5, 5.41) is 2.89. The Kier molecular flexibility index (Phi) is 7.13. The highest BCUT2D eigenvalue weighted by Gasteiger charge is 2.21. The molecular formula is C24H19ClN2O8S. The molecule has 0 radical (unpaired) electrons. The fraction of sp³-hybridized carbons (Fsp3) is 0.125. The van der Waals surface area contributed by atoms with Gasteiger partial charge in [-0.1, -0.05) is 17.7 Å². The standard InChI is InChI=1S/C24H19ClN2O8S/c1-33-21-8-6-16(25)11-19(21)27-36(31,32)17-4-2-3-15(9-17)24(30)35-12-20(28)14-5-7-22-18(10-14)26-23(29)13-34-22/h2-11,27H,12-13H2,1H3,(H,26,29). The molecule has 0 saturated carbocycles. The summed E-state index contributed by atoms with van der Waals surface area (Å²) in [5.41, 5.74) is 0.582. The Morgan fingerprint density at radius 3 is 2.67 bits per heavy atom. The Balaban J connectivity index is 1.45. The molecule has 1 aliphatic rings. The van der Waals surface area contributed by atoms with Gasteiger partial charge in [0.15, 0.2) is 19.0 Å². The minimum Gasteiger partial charge on any atom is -0.495 e. The number of hydrogen-bond acceptors (Lipinski definition) is 8. The second-order valence-electron chi connectivity index (χ2n) is 7.53. The number of sulfonamides is 1. The maximum absolute atomic E-state index is 12.9. The Labute approximate surface area is 211 Å². The van der Waals surface area contributed by atoms with Crippen LogP contribution >= 0.6 is 11.6 Å². The van der Waals surface area contributed by atoms with Gasteiger partial charge in [0, 0.05) is 10.6 Å². The lowest BCUT2D eigenvalue weighted by atomic mass is 10.1. The quantitative estimate of drug-likeness (QED) is 0.333. The number of nitrogens with one attached hydrogen (secondary N) is 2. The summed E-state index contributed by atoms with van der Waals surface area (Å²) >= 11 is 5.96. The normalized spacial score (nSPS) is 12.6. The van der Waals surface area contributed by atoms with Gasteiger partial charge in [-0.15, -0.1) is 0 Å². The maximum atomic E-state index is 12.9. The van der Waals surface area contributed by atoms with Crippen molar-refractivity contribution in [3.8, 4) is 11.5 Å². The molecule has 1 heterocycles. The van der Waals surface area contributed by atoms with Crippen molar-refractivity contribution < 1.29 is 37.0 Å². The summed E-state index contributed by atoms with van der Waals surface area (Å²) in [5.74, 6) is -1.09. The van der Waals surface area contributed by atoms with E-state index in [9.17, 15) is 22.8 Å². The molecule has 0 saturated heterocycles. The van der Waals surface area contributed by atoms with Gasteiger partial charge in [0.1, 0.15) is 11.5 Å². The number of carbonyl (C=O) groups is 3. The molecule has 0 unspecified atom stereocenters. The molecule has 0 aromatic heterocycles. The lowest BCUT2D eigenvalue weighted by Crippen LogP contribution is -2.25. The molecule has 0 atom stereocenters. The Morgan fingerprint density at radius 1 is 1.08 bits per heavy atom. The van der Waals surface area contributed by atoms with E-state index in [4.69, 9.17) is 25.8 Å². The number of hydrogen-bond donors (Lipinski definition) is 2. The van der Waals surface area contributed by atoms with Crippen LogP contribution in [0.25, 0.3) is 0 Å². The van der Waals surface area contributed by atoms with Crippen molar-refractivity contribution in [2.24, 2.45) is 0 Å². The zero-order valence-corrected chi connectivity index (χ0v) is 20.3. The van der Waals surface area contributed by atoms with E-state index in [0.29, 0.717) is 16.5 Å². The number of halogens is 1. The molecule has 0 bridgehead atoms. The predicted molar refractivity (Wildman–Crippen MR) is 130 cm³/mol. The second-order valence-corrected chi connectivity index (χ2v) is 9.64. The third-order valence-electron chi connectivity index (χ3n) is 5.05. The summed E-state index contributed by atoms with van der Waals surface area (Å²) in [4.78, 5) is 36.3. The number of ether oxygens (including phenoxy) is 3. The van der Waals surface area contributed by atoms with Crippen LogP contribution in [-0.2, 0) is 19.6 Å². The summed E-state index contributed by atoms with van der Waals surface area (Å²) < 4.78 is 43.6. The van der Waals surface area contributed by atoms with E-state index in [1.807, 2.05) is 0 Å². The minimum absolute atomic E-state index is 0.0742. The molecule has 10 nitrogen and oxygen atoms in total. The summed E-state index contributed by atoms with van der Waals surface area (Å²) in [6.07, 6.45) is 0. The van der Waals surface area contributed by atoms with Crippen molar-refractivity contribution in [3.63, 3.8) is 0 Å². The van der Waals surface area contributed by atoms with E-state index in [-0.39, 0.29) is 40.0 Å². The van der Waals surface area contributed by atoms with Gasteiger partial charge >= 0.3 is 5.97 Å². The number of anilines is 2. The monoisotopic (exact) mass is 530 g/mol. The van der Waals surface area contributed by atoms with Crippen molar-refractivity contribution in [1.82, 2.24) is 0 Å². The first-order valence-corrected chi connectivity index (χ1v) is 12.3. The Hall–Kier alpha value is -4.09. The zero-order valence-electron chi connectivity index (χ0n) is 18.7. The first kappa shape index (κ1) is 25.0. The van der Waals surface area contributed by atoms with Crippen LogP contribution in [0.5, 0.6) is 11.5 Å². The smallest absolute Gasteiger partial charge is 0.338 e. The molecule has 3 aromatic carbocycles. The Bertz CT molecular complexity index is 1470. The van der Waals surface area contributed by atoms with Gasteiger partial charge in [0.25, 0.3) is 15.9 Å². The number of carbonyl (C=O) groups excluding carboxylic acids is 3. The van der Waals surface area contributed by atoms with E-state index >= 15 is 0 Å². The van der Waals surface area contributed by atoms with Crippen molar-refractivity contribution in [2.75, 3.05) is 30.4 Å². The molecule has 0 spiro atoms. The molecule has 186 valence electrons. The molecule has 0 fully saturated rings. The molecule has 1 amide bonds. The van der Waals surface area contributed by atoms with Crippen LogP contribution in [0.3, 0.4) is 0 Å². The van der Waals surface area contributed by atoms with Crippen molar-refractivity contribution in [1.29, 1.82) is 0 Å². The first-order valence-electron chi connectivity index (χ1n) is 10.4. The fourth-order valence-corrected chi connectivity index (χ4v) is 4.59. The number of benzene rings is 3. The van der Waals surface area contributed by atoms with Gasteiger partial charge in [-0.25, -0.2) is 13.2 Å². The average molecular weight is 531 g/mol. The molecule has 12 heteroatoms. The van der Waals surface area contributed by atoms with Crippen molar-refractivity contribution in [2.45, 2.75) is 4.90 Å². The number of rotatable bonds is 8. The minimum atomic E-state index is -4.12. The van der Waals surface area contributed by atoms with E-state index < -0.39 is 28.4 Å². The van der Waals surface area contributed by atoms with Crippen LogP contribution < -0.4 is 19.5 Å². The number of amides is 1. The van der Waals surface area contributed by atoms with Crippen LogP contribution in [0.2, 0.25) is 5.02 Å². The first-order chi connectivity index (χ1) is 17.2. The van der Waals surface area contributed by atoms with Gasteiger partial charge in [0.05, 0.1) is 28.9 Å². The second kappa shape index (κ2) is 10.3. The van der Waals surface area contributed by atoms with E-state index in [1.165, 1.54) is 55.6 Å². The highest BCUT2D eigenvalue weighted by atomic mass is 35.5. The van der Waals surface area contributed by atoms with Crippen LogP contribution in [0.1, 0.15) is 20.7 Å². The zero-order chi connectivity index (χ0) is 25.9. The number of methoxy groups -OCH3 is 1. The van der Waals surface area contributed by atoms with E-state index in [2.05, 4.69) is 10.0 Å². The molecule has 4 rings (SSSR count). The SMILES string of the molecule is COc1ccc(Cl)cc1NS(=O)(=O)c1cccc(C(=O)OCC(=O)c2ccc3c(c2)NC(=O)CO3)c1. The van der Waals surface area contributed by atoms with Gasteiger partial charge in [-0.3, -0.25) is 14.3 Å². The number of esters is 1. The van der Waals surface area contributed by atoms with Gasteiger partial charge < -0.3 is 19.5 Å². The van der Waals surface area contributed by atoms with Crippen LogP contribution in [0.4, 0.5) is 11.4 Å². The van der Waals surface area contributed by atoms with E-state index in [0.717, 1.165) is 6.07 Å². The highest BCUT2D eigenvalue weighted by molar-refractivity contribution is 7.92. The van der Waals surface area contributed by atoms with E-state index in [1.54, 1.807) is 6.07 Å². The largest absolute Gasteiger partial charge is 0.495 e. The predicted octanol–water partition coefficient (Wildman–Crippen LogP) is 3.52. The summed E-state index contributed by atoms with van der Waals surface area (Å²) in [6, 6.07) is 14.0. The van der Waals surface area contributed by atoms with Crippen LogP contribution in [0.15, 0.2) is 65.6 Å². The fourth-order valence-electron chi connectivity index (χ4n) is 3.31. The average Bonchev–Trinajstić information content (AvgIpc) is 2.86. The maximum Gasteiger partial charge on any atom is 0.338 e. The lowest BCUT2D eigenvalue weighted by Gasteiger charge is -2.18. The molecule has 1 aliphatic heterocycles. The highest BCUT2D eigenvalue weighted by Crippen LogP contribution is 2.30. The molecular weight excluding hydrogens is 512 g/mol. The summed E-state index contributed by atoms with van der Waals surface area (Å²) in [6.45, 7) is -0.712. The van der Waals surface area contributed by atoms with Crippen LogP contribution in [-0.4, -0.2) is 46.4 Å². The molecule has 3 aromatic rings. The molecule has 0 aliphatic carbocycles. The topological polar surface area (TPSA) is 137 Å². The molecule has 36 heavy (non-hydrogen) atoms. The third-order valence-corrected chi connectivity index (χ3v) is 6.65. The van der Waals surface area contributed by atoms with Gasteiger partial charge in [-0.2, -0.15) is 0 Å². The van der Waals surface area contributed by atoms with Crippen molar-refractivity contribution >= 4 is 50.7 Å². The number of Topliss-reactive ketones (excluding diaryl/α,β-unsaturated/α-hetero) is 1.